The third-order valence-corrected chi connectivity index (χ3v) is 3.51. The molecule has 0 amide bonds. The molecule has 0 spiro atoms. The molecule has 4 N–H and O–H groups in total. The largest absolute Gasteiger partial charge is 0.595 e. The maximum absolute atomic E-state index is 12.4. The Kier molecular flexibility index (Phi) is 4.80. The molecule has 1 unspecified atom stereocenters. The number of carbonyl (C=O) groups is 1. The highest BCUT2D eigenvalue weighted by atomic mass is 16.8. The lowest BCUT2D eigenvalue weighted by Gasteiger charge is -2.18. The summed E-state index contributed by atoms with van der Waals surface area (Å²) in [5, 5.41) is 19.5. The lowest BCUT2D eigenvalue weighted by molar-refractivity contribution is -0.991. The standard InChI is InChI=1S/C17H18N2O4/c1-10-7-5-9-14(19(21)22)15(10)12(3)23-17(20)16-11(2)6-4-8-13(16)18/h4-9,19,21H,3,18H2,1-2H3. The van der Waals surface area contributed by atoms with Crippen LogP contribution in [0.2, 0.25) is 0 Å². The molecule has 0 saturated heterocycles. The second kappa shape index (κ2) is 6.62. The molecule has 2 aromatic rings. The number of anilines is 1. The highest BCUT2D eigenvalue weighted by molar-refractivity contribution is 5.99. The topological polar surface area (TPSA) is 100 Å². The molecule has 0 aromatic heterocycles. The minimum absolute atomic E-state index is 0.0202. The van der Waals surface area contributed by atoms with E-state index in [4.69, 9.17) is 10.5 Å². The van der Waals surface area contributed by atoms with E-state index >= 15 is 0 Å². The molecule has 0 aliphatic rings. The smallest absolute Gasteiger partial charge is 0.345 e. The number of aryl methyl sites for hydroxylation is 2. The zero-order chi connectivity index (χ0) is 17.1. The number of rotatable bonds is 4. The number of quaternary nitrogens is 1. The van der Waals surface area contributed by atoms with Gasteiger partial charge in [-0.2, -0.15) is 5.23 Å². The van der Waals surface area contributed by atoms with E-state index in [1.54, 1.807) is 44.2 Å². The summed E-state index contributed by atoms with van der Waals surface area (Å²) in [5.74, 6) is -0.682. The summed E-state index contributed by atoms with van der Waals surface area (Å²) in [7, 11) is 0. The quantitative estimate of drug-likeness (QED) is 0.347. The van der Waals surface area contributed by atoms with Gasteiger partial charge in [-0.05, 0) is 31.0 Å². The van der Waals surface area contributed by atoms with Crippen LogP contribution in [0.4, 0.5) is 11.4 Å². The first kappa shape index (κ1) is 16.7. The molecule has 0 fully saturated rings. The number of hydrogen-bond donors (Lipinski definition) is 3. The van der Waals surface area contributed by atoms with Crippen molar-refractivity contribution in [3.63, 3.8) is 0 Å². The second-order valence-corrected chi connectivity index (χ2v) is 5.15. The van der Waals surface area contributed by atoms with Gasteiger partial charge in [-0.15, -0.1) is 0 Å². The lowest BCUT2D eigenvalue weighted by Crippen LogP contribution is -2.99. The molecule has 0 bridgehead atoms. The Morgan fingerprint density at radius 3 is 2.30 bits per heavy atom. The van der Waals surface area contributed by atoms with E-state index in [9.17, 15) is 15.2 Å². The molecule has 2 aromatic carbocycles. The summed E-state index contributed by atoms with van der Waals surface area (Å²) in [6.45, 7) is 7.17. The average molecular weight is 314 g/mol. The van der Waals surface area contributed by atoms with Crippen molar-refractivity contribution in [1.29, 1.82) is 0 Å². The number of ether oxygens (including phenoxy) is 1. The molecule has 0 saturated carbocycles. The van der Waals surface area contributed by atoms with Crippen LogP contribution in [0.15, 0.2) is 43.0 Å². The normalized spacial score (nSPS) is 11.8. The fraction of sp³-hybridized carbons (Fsp3) is 0.118. The van der Waals surface area contributed by atoms with Crippen molar-refractivity contribution in [3.05, 3.63) is 70.4 Å². The summed E-state index contributed by atoms with van der Waals surface area (Å²) in [4.78, 5) is 12.4. The molecule has 23 heavy (non-hydrogen) atoms. The number of esters is 1. The number of nitrogens with two attached hydrogens (primary N) is 1. The first-order valence-electron chi connectivity index (χ1n) is 6.92. The molecule has 1 atom stereocenters. The Labute approximate surface area is 133 Å². The number of nitrogens with one attached hydrogen (secondary N) is 1. The molecule has 0 aliphatic carbocycles. The van der Waals surface area contributed by atoms with Gasteiger partial charge in [0.2, 0.25) is 0 Å². The average Bonchev–Trinajstić information content (AvgIpc) is 2.46. The summed E-state index contributed by atoms with van der Waals surface area (Å²) in [6.07, 6.45) is 0. The van der Waals surface area contributed by atoms with Crippen LogP contribution in [-0.4, -0.2) is 11.2 Å². The zero-order valence-corrected chi connectivity index (χ0v) is 12.9. The van der Waals surface area contributed by atoms with Gasteiger partial charge in [0, 0.05) is 11.8 Å². The van der Waals surface area contributed by atoms with E-state index in [2.05, 4.69) is 6.58 Å². The van der Waals surface area contributed by atoms with Gasteiger partial charge in [0.15, 0.2) is 5.69 Å². The van der Waals surface area contributed by atoms with E-state index in [1.165, 1.54) is 6.07 Å². The zero-order valence-electron chi connectivity index (χ0n) is 12.9. The minimum atomic E-state index is -1.11. The molecule has 0 radical (unpaired) electrons. The Balaban J connectivity index is 2.35. The van der Waals surface area contributed by atoms with Crippen LogP contribution >= 0.6 is 0 Å². The van der Waals surface area contributed by atoms with Crippen molar-refractivity contribution in [2.24, 2.45) is 0 Å². The monoisotopic (exact) mass is 314 g/mol. The summed E-state index contributed by atoms with van der Waals surface area (Å²) < 4.78 is 5.28. The van der Waals surface area contributed by atoms with Crippen molar-refractivity contribution in [3.8, 4) is 0 Å². The van der Waals surface area contributed by atoms with Crippen molar-refractivity contribution in [1.82, 2.24) is 0 Å². The maximum Gasteiger partial charge on any atom is 0.345 e. The van der Waals surface area contributed by atoms with Crippen molar-refractivity contribution in [2.45, 2.75) is 13.8 Å². The van der Waals surface area contributed by atoms with E-state index in [0.717, 1.165) is 0 Å². The van der Waals surface area contributed by atoms with Gasteiger partial charge < -0.3 is 15.7 Å². The van der Waals surface area contributed by atoms with Crippen molar-refractivity contribution in [2.75, 3.05) is 5.73 Å². The fourth-order valence-electron chi connectivity index (χ4n) is 2.40. The van der Waals surface area contributed by atoms with Gasteiger partial charge >= 0.3 is 5.97 Å². The van der Waals surface area contributed by atoms with Gasteiger partial charge in [-0.3, -0.25) is 0 Å². The van der Waals surface area contributed by atoms with Gasteiger partial charge in [0.05, 0.1) is 11.1 Å². The number of carbonyl (C=O) groups excluding carboxylic acids is 1. The van der Waals surface area contributed by atoms with Crippen molar-refractivity contribution < 1.29 is 20.0 Å². The molecular weight excluding hydrogens is 296 g/mol. The number of hydrogen-bond acceptors (Lipinski definition) is 5. The number of benzene rings is 2. The third kappa shape index (κ3) is 3.40. The van der Waals surface area contributed by atoms with Crippen LogP contribution in [0.25, 0.3) is 5.76 Å². The fourth-order valence-corrected chi connectivity index (χ4v) is 2.40. The molecule has 2 rings (SSSR count). The first-order chi connectivity index (χ1) is 10.8. The summed E-state index contributed by atoms with van der Waals surface area (Å²) >= 11 is 0. The van der Waals surface area contributed by atoms with Gasteiger partial charge in [0.1, 0.15) is 5.76 Å². The third-order valence-electron chi connectivity index (χ3n) is 3.51. The minimum Gasteiger partial charge on any atom is -0.595 e. The van der Waals surface area contributed by atoms with Crippen LogP contribution in [-0.2, 0) is 4.74 Å². The molecule has 0 heterocycles. The highest BCUT2D eigenvalue weighted by Gasteiger charge is 2.21. The van der Waals surface area contributed by atoms with E-state index in [-0.39, 0.29) is 17.0 Å². The van der Waals surface area contributed by atoms with Crippen LogP contribution in [0, 0.1) is 19.1 Å². The SMILES string of the molecule is C=C(OC(=O)c1c(C)cccc1N)c1c(C)cccc1[NH+]([O-])O. The van der Waals surface area contributed by atoms with Gasteiger partial charge in [0.25, 0.3) is 0 Å². The van der Waals surface area contributed by atoms with E-state index in [1.807, 2.05) is 0 Å². The van der Waals surface area contributed by atoms with Crippen LogP contribution < -0.4 is 11.0 Å². The maximum atomic E-state index is 12.4. The van der Waals surface area contributed by atoms with Gasteiger partial charge in [-0.1, -0.05) is 30.8 Å². The van der Waals surface area contributed by atoms with Crippen LogP contribution in [0.5, 0.6) is 0 Å². The Morgan fingerprint density at radius 1 is 1.17 bits per heavy atom. The predicted molar refractivity (Wildman–Crippen MR) is 87.0 cm³/mol. The highest BCUT2D eigenvalue weighted by Crippen LogP contribution is 2.27. The molecule has 6 heteroatoms. The number of nitrogen functional groups attached to an aromatic ring is 1. The van der Waals surface area contributed by atoms with Crippen LogP contribution in [0.3, 0.4) is 0 Å². The molecule has 6 nitrogen and oxygen atoms in total. The Morgan fingerprint density at radius 2 is 1.74 bits per heavy atom. The van der Waals surface area contributed by atoms with Crippen LogP contribution in [0.1, 0.15) is 27.0 Å². The molecule has 120 valence electrons. The molecular formula is C17H18N2O4. The lowest BCUT2D eigenvalue weighted by atomic mass is 10.0. The van der Waals surface area contributed by atoms with Crippen molar-refractivity contribution >= 4 is 23.1 Å². The Hall–Kier alpha value is -2.67. The summed E-state index contributed by atoms with van der Waals surface area (Å²) in [5.41, 5.74) is 8.01. The van der Waals surface area contributed by atoms with Gasteiger partial charge in [-0.25, -0.2) is 10.0 Å². The predicted octanol–water partition coefficient (Wildman–Crippen LogP) is 2.12. The first-order valence-corrected chi connectivity index (χ1v) is 6.92. The second-order valence-electron chi connectivity index (χ2n) is 5.15. The summed E-state index contributed by atoms with van der Waals surface area (Å²) in [6, 6.07) is 9.86. The van der Waals surface area contributed by atoms with E-state index in [0.29, 0.717) is 22.4 Å². The molecule has 0 aliphatic heterocycles. The van der Waals surface area contributed by atoms with E-state index < -0.39 is 11.2 Å². The Bertz CT molecular complexity index is 749.